The van der Waals surface area contributed by atoms with Crippen LogP contribution in [-0.2, 0) is 12.8 Å². The third-order valence-electron chi connectivity index (χ3n) is 4.10. The number of halogens is 1. The number of hydrogen-bond acceptors (Lipinski definition) is 3. The number of nitrogens with zero attached hydrogens (tertiary/aromatic N) is 2. The first-order valence-corrected chi connectivity index (χ1v) is 8.38. The summed E-state index contributed by atoms with van der Waals surface area (Å²) in [6.07, 6.45) is 4.96. The van der Waals surface area contributed by atoms with Crippen molar-refractivity contribution in [2.75, 3.05) is 24.5 Å². The molecule has 1 N–H and O–H groups in total. The van der Waals surface area contributed by atoms with Crippen LogP contribution in [0.15, 0.2) is 36.5 Å². The van der Waals surface area contributed by atoms with Crippen molar-refractivity contribution in [3.8, 4) is 0 Å². The first-order valence-electron chi connectivity index (χ1n) is 8.00. The van der Waals surface area contributed by atoms with Gasteiger partial charge in [0.15, 0.2) is 0 Å². The van der Waals surface area contributed by atoms with Crippen LogP contribution < -0.4 is 10.2 Å². The van der Waals surface area contributed by atoms with Gasteiger partial charge in [0.05, 0.1) is 10.7 Å². The van der Waals surface area contributed by atoms with Crippen LogP contribution in [0.2, 0.25) is 5.02 Å². The molecule has 1 aromatic heterocycles. The van der Waals surface area contributed by atoms with Crippen molar-refractivity contribution in [3.05, 3.63) is 52.7 Å². The molecule has 4 heteroatoms. The van der Waals surface area contributed by atoms with E-state index in [1.54, 1.807) is 0 Å². The Hall–Kier alpha value is -1.58. The lowest BCUT2D eigenvalue weighted by atomic mass is 10.00. The first kappa shape index (κ1) is 15.3. The molecule has 0 saturated carbocycles. The topological polar surface area (TPSA) is 28.2 Å². The van der Waals surface area contributed by atoms with E-state index in [0.29, 0.717) is 0 Å². The zero-order chi connectivity index (χ0) is 15.4. The molecule has 1 aliphatic rings. The summed E-state index contributed by atoms with van der Waals surface area (Å²) >= 11 is 6.61. The first-order chi connectivity index (χ1) is 10.8. The highest BCUT2D eigenvalue weighted by molar-refractivity contribution is 6.33. The van der Waals surface area contributed by atoms with E-state index in [1.807, 2.05) is 24.4 Å². The Morgan fingerprint density at radius 2 is 2.05 bits per heavy atom. The van der Waals surface area contributed by atoms with Gasteiger partial charge in [0.1, 0.15) is 5.82 Å². The molecule has 0 saturated heterocycles. The molecule has 0 amide bonds. The van der Waals surface area contributed by atoms with Crippen LogP contribution in [0.5, 0.6) is 0 Å². The maximum absolute atomic E-state index is 6.61. The lowest BCUT2D eigenvalue weighted by Crippen LogP contribution is -2.22. The second-order valence-corrected chi connectivity index (χ2v) is 6.03. The normalized spacial score (nSPS) is 14.3. The molecule has 2 heterocycles. The van der Waals surface area contributed by atoms with Gasteiger partial charge in [0, 0.05) is 12.7 Å². The van der Waals surface area contributed by atoms with Crippen LogP contribution in [-0.4, -0.2) is 24.6 Å². The summed E-state index contributed by atoms with van der Waals surface area (Å²) in [5, 5.41) is 4.29. The third-order valence-corrected chi connectivity index (χ3v) is 4.40. The fourth-order valence-electron chi connectivity index (χ4n) is 3.09. The van der Waals surface area contributed by atoms with Crippen molar-refractivity contribution in [1.82, 2.24) is 10.3 Å². The summed E-state index contributed by atoms with van der Waals surface area (Å²) in [5.41, 5.74) is 3.92. The van der Waals surface area contributed by atoms with Gasteiger partial charge < -0.3 is 10.2 Å². The number of aromatic nitrogens is 1. The highest BCUT2D eigenvalue weighted by atomic mass is 35.5. The van der Waals surface area contributed by atoms with Gasteiger partial charge >= 0.3 is 0 Å². The molecule has 3 nitrogen and oxygen atoms in total. The van der Waals surface area contributed by atoms with Gasteiger partial charge in [0.25, 0.3) is 0 Å². The van der Waals surface area contributed by atoms with Gasteiger partial charge in [0.2, 0.25) is 0 Å². The van der Waals surface area contributed by atoms with E-state index in [4.69, 9.17) is 11.6 Å². The largest absolute Gasteiger partial charge is 0.325 e. The average Bonchev–Trinajstić information content (AvgIpc) is 2.79. The minimum absolute atomic E-state index is 0.819. The Morgan fingerprint density at radius 1 is 1.18 bits per heavy atom. The van der Waals surface area contributed by atoms with E-state index in [1.165, 1.54) is 11.1 Å². The highest BCUT2D eigenvalue weighted by Gasteiger charge is 2.20. The molecular weight excluding hydrogens is 294 g/mol. The molecule has 0 atom stereocenters. The van der Waals surface area contributed by atoms with Gasteiger partial charge in [-0.25, -0.2) is 4.98 Å². The van der Waals surface area contributed by atoms with Crippen molar-refractivity contribution in [3.63, 3.8) is 0 Å². The zero-order valence-electron chi connectivity index (χ0n) is 13.0. The Bertz CT molecular complexity index is 628. The van der Waals surface area contributed by atoms with E-state index in [-0.39, 0.29) is 0 Å². The minimum atomic E-state index is 0.819. The summed E-state index contributed by atoms with van der Waals surface area (Å²) in [6.45, 7) is 5.14. The summed E-state index contributed by atoms with van der Waals surface area (Å²) < 4.78 is 0. The van der Waals surface area contributed by atoms with Gasteiger partial charge in [-0.2, -0.15) is 0 Å². The second-order valence-electron chi connectivity index (χ2n) is 5.62. The maximum Gasteiger partial charge on any atom is 0.132 e. The quantitative estimate of drug-likeness (QED) is 0.925. The molecule has 3 rings (SSSR count). The smallest absolute Gasteiger partial charge is 0.132 e. The molecule has 1 aromatic carbocycles. The number of nitrogens with one attached hydrogen (secondary N) is 1. The highest BCUT2D eigenvalue weighted by Crippen LogP contribution is 2.37. The molecule has 0 spiro atoms. The molecule has 0 bridgehead atoms. The van der Waals surface area contributed by atoms with E-state index in [0.717, 1.165) is 55.4 Å². The standard InChI is InChI=1S/C18H22ClN3/c1-2-13-22(17-5-3-4-10-21-17)18-15-9-12-20-11-8-14(15)6-7-16(18)19/h3-7,10,20H,2,8-9,11-13H2,1H3. The molecule has 22 heavy (non-hydrogen) atoms. The van der Waals surface area contributed by atoms with Crippen molar-refractivity contribution in [2.24, 2.45) is 0 Å². The van der Waals surface area contributed by atoms with Crippen molar-refractivity contribution in [2.45, 2.75) is 26.2 Å². The zero-order valence-corrected chi connectivity index (χ0v) is 13.7. The monoisotopic (exact) mass is 315 g/mol. The Balaban J connectivity index is 2.11. The maximum atomic E-state index is 6.61. The Morgan fingerprint density at radius 3 is 2.82 bits per heavy atom. The Kier molecular flexibility index (Phi) is 4.96. The summed E-state index contributed by atoms with van der Waals surface area (Å²) in [4.78, 5) is 6.81. The number of rotatable bonds is 4. The van der Waals surface area contributed by atoms with Crippen molar-refractivity contribution in [1.29, 1.82) is 0 Å². The number of anilines is 2. The fraction of sp³-hybridized carbons (Fsp3) is 0.389. The average molecular weight is 316 g/mol. The van der Waals surface area contributed by atoms with Crippen molar-refractivity contribution >= 4 is 23.1 Å². The molecule has 0 radical (unpaired) electrons. The number of fused-ring (bicyclic) bond motifs is 1. The number of benzene rings is 1. The van der Waals surface area contributed by atoms with Crippen molar-refractivity contribution < 1.29 is 0 Å². The fourth-order valence-corrected chi connectivity index (χ4v) is 3.37. The summed E-state index contributed by atoms with van der Waals surface area (Å²) in [7, 11) is 0. The molecule has 0 fully saturated rings. The van der Waals surface area contributed by atoms with Crippen LogP contribution in [0, 0.1) is 0 Å². The lowest BCUT2D eigenvalue weighted by molar-refractivity contribution is 0.710. The van der Waals surface area contributed by atoms with Crippen LogP contribution in [0.3, 0.4) is 0 Å². The van der Waals surface area contributed by atoms with E-state index in [9.17, 15) is 0 Å². The van der Waals surface area contributed by atoms with Crippen LogP contribution in [0.4, 0.5) is 11.5 Å². The molecular formula is C18H22ClN3. The Labute approximate surface area is 137 Å². The molecule has 0 unspecified atom stereocenters. The van der Waals surface area contributed by atoms with Gasteiger partial charge in [-0.3, -0.25) is 0 Å². The molecule has 0 aliphatic carbocycles. The van der Waals surface area contributed by atoms with E-state index >= 15 is 0 Å². The molecule has 116 valence electrons. The minimum Gasteiger partial charge on any atom is -0.325 e. The predicted molar refractivity (Wildman–Crippen MR) is 93.3 cm³/mol. The van der Waals surface area contributed by atoms with Gasteiger partial charge in [-0.15, -0.1) is 0 Å². The predicted octanol–water partition coefficient (Wildman–Crippen LogP) is 3.97. The third kappa shape index (κ3) is 3.11. The van der Waals surface area contributed by atoms with Crippen LogP contribution in [0.25, 0.3) is 0 Å². The molecule has 1 aliphatic heterocycles. The van der Waals surface area contributed by atoms with Gasteiger partial charge in [-0.05, 0) is 61.7 Å². The van der Waals surface area contributed by atoms with E-state index < -0.39 is 0 Å². The molecule has 2 aromatic rings. The van der Waals surface area contributed by atoms with Crippen LogP contribution in [0.1, 0.15) is 24.5 Å². The van der Waals surface area contributed by atoms with Gasteiger partial charge in [-0.1, -0.05) is 30.7 Å². The van der Waals surface area contributed by atoms with E-state index in [2.05, 4.69) is 34.3 Å². The second kappa shape index (κ2) is 7.12. The number of pyridine rings is 1. The summed E-state index contributed by atoms with van der Waals surface area (Å²) in [5.74, 6) is 0.969. The van der Waals surface area contributed by atoms with Crippen LogP contribution >= 0.6 is 11.6 Å². The summed E-state index contributed by atoms with van der Waals surface area (Å²) in [6, 6.07) is 10.2. The SMILES string of the molecule is CCCN(c1ccccn1)c1c(Cl)ccc2c1CCNCC2. The number of hydrogen-bond donors (Lipinski definition) is 1. The lowest BCUT2D eigenvalue weighted by Gasteiger charge is -2.28.